The molecule has 1 amide bonds. The lowest BCUT2D eigenvalue weighted by atomic mass is 10.1. The molecular formula is C13H18Cl2N2O2. The van der Waals surface area contributed by atoms with E-state index in [2.05, 4.69) is 6.92 Å². The highest BCUT2D eigenvalue weighted by Crippen LogP contribution is 2.31. The average molecular weight is 305 g/mol. The van der Waals surface area contributed by atoms with Crippen molar-refractivity contribution in [2.45, 2.75) is 26.3 Å². The van der Waals surface area contributed by atoms with Gasteiger partial charge in [-0.1, -0.05) is 36.5 Å². The molecule has 0 aliphatic carbocycles. The molecule has 0 aromatic heterocycles. The summed E-state index contributed by atoms with van der Waals surface area (Å²) in [6, 6.07) is 3.12. The third kappa shape index (κ3) is 5.27. The molecule has 1 aromatic carbocycles. The number of primary amides is 1. The van der Waals surface area contributed by atoms with Gasteiger partial charge in [0.1, 0.15) is 5.75 Å². The van der Waals surface area contributed by atoms with Crippen molar-refractivity contribution in [2.24, 2.45) is 5.73 Å². The molecule has 106 valence electrons. The number of rotatable bonds is 7. The first-order valence-electron chi connectivity index (χ1n) is 6.11. The Morgan fingerprint density at radius 1 is 1.42 bits per heavy atom. The van der Waals surface area contributed by atoms with Gasteiger partial charge in [-0.05, 0) is 25.1 Å². The number of nitrogens with two attached hydrogens (primary N) is 1. The smallest absolute Gasteiger partial charge is 0.231 e. The standard InChI is InChI=1S/C13H18Cl2N2O2/c1-2-3-4-17(8-12(16)18)7-9-5-10(14)6-11(15)13(9)19/h5-6,19H,2-4,7-8H2,1H3,(H2,16,18). The zero-order valence-corrected chi connectivity index (χ0v) is 12.3. The lowest BCUT2D eigenvalue weighted by molar-refractivity contribution is -0.119. The van der Waals surface area contributed by atoms with E-state index in [1.807, 2.05) is 4.90 Å². The SMILES string of the molecule is CCCCN(CC(N)=O)Cc1cc(Cl)cc(Cl)c1O. The molecule has 0 radical (unpaired) electrons. The van der Waals surface area contributed by atoms with Gasteiger partial charge < -0.3 is 10.8 Å². The Kier molecular flexibility index (Phi) is 6.42. The van der Waals surface area contributed by atoms with Gasteiger partial charge in [0.15, 0.2) is 0 Å². The molecule has 0 fully saturated rings. The van der Waals surface area contributed by atoms with Gasteiger partial charge in [-0.25, -0.2) is 0 Å². The van der Waals surface area contributed by atoms with Crippen LogP contribution in [0.5, 0.6) is 5.75 Å². The Balaban J connectivity index is 2.85. The molecule has 0 atom stereocenters. The summed E-state index contributed by atoms with van der Waals surface area (Å²) >= 11 is 11.8. The Morgan fingerprint density at radius 2 is 2.11 bits per heavy atom. The number of phenols is 1. The van der Waals surface area contributed by atoms with E-state index in [1.165, 1.54) is 6.07 Å². The van der Waals surface area contributed by atoms with Crippen LogP contribution in [0.2, 0.25) is 10.0 Å². The number of halogens is 2. The minimum absolute atomic E-state index is 0.00274. The fourth-order valence-corrected chi connectivity index (χ4v) is 2.33. The van der Waals surface area contributed by atoms with Crippen LogP contribution in [-0.4, -0.2) is 29.0 Å². The van der Waals surface area contributed by atoms with E-state index in [0.717, 1.165) is 19.4 Å². The third-order valence-electron chi connectivity index (χ3n) is 2.71. The zero-order valence-electron chi connectivity index (χ0n) is 10.8. The van der Waals surface area contributed by atoms with Gasteiger partial charge in [0.05, 0.1) is 11.6 Å². The topological polar surface area (TPSA) is 66.6 Å². The second-order valence-corrected chi connectivity index (χ2v) is 5.27. The minimum atomic E-state index is -0.399. The number of aromatic hydroxyl groups is 1. The van der Waals surface area contributed by atoms with Crippen LogP contribution >= 0.6 is 23.2 Å². The fourth-order valence-electron chi connectivity index (χ4n) is 1.80. The van der Waals surface area contributed by atoms with E-state index in [1.54, 1.807) is 6.07 Å². The highest BCUT2D eigenvalue weighted by Gasteiger charge is 2.14. The van der Waals surface area contributed by atoms with Gasteiger partial charge in [0, 0.05) is 17.1 Å². The molecule has 3 N–H and O–H groups in total. The van der Waals surface area contributed by atoms with Crippen molar-refractivity contribution in [1.82, 2.24) is 4.90 Å². The van der Waals surface area contributed by atoms with Gasteiger partial charge in [-0.15, -0.1) is 0 Å². The van der Waals surface area contributed by atoms with Crippen molar-refractivity contribution in [2.75, 3.05) is 13.1 Å². The molecular weight excluding hydrogens is 287 g/mol. The molecule has 1 rings (SSSR count). The average Bonchev–Trinajstić information content (AvgIpc) is 2.31. The normalized spacial score (nSPS) is 10.9. The van der Waals surface area contributed by atoms with Gasteiger partial charge >= 0.3 is 0 Å². The Labute approximate surface area is 123 Å². The summed E-state index contributed by atoms with van der Waals surface area (Å²) in [5, 5.41) is 10.6. The van der Waals surface area contributed by atoms with Gasteiger partial charge in [0.2, 0.25) is 5.91 Å². The summed E-state index contributed by atoms with van der Waals surface area (Å²) in [7, 11) is 0. The summed E-state index contributed by atoms with van der Waals surface area (Å²) in [6.07, 6.45) is 1.96. The molecule has 0 aliphatic rings. The molecule has 4 nitrogen and oxygen atoms in total. The van der Waals surface area contributed by atoms with E-state index < -0.39 is 5.91 Å². The van der Waals surface area contributed by atoms with Crippen LogP contribution in [0.25, 0.3) is 0 Å². The number of benzene rings is 1. The van der Waals surface area contributed by atoms with Crippen molar-refractivity contribution >= 4 is 29.1 Å². The van der Waals surface area contributed by atoms with E-state index in [9.17, 15) is 9.90 Å². The first-order valence-corrected chi connectivity index (χ1v) is 6.87. The van der Waals surface area contributed by atoms with Gasteiger partial charge in [-0.3, -0.25) is 9.69 Å². The largest absolute Gasteiger partial charge is 0.506 e. The Hall–Kier alpha value is -0.970. The van der Waals surface area contributed by atoms with Crippen LogP contribution in [0, 0.1) is 0 Å². The maximum atomic E-state index is 11.0. The number of hydrogen-bond donors (Lipinski definition) is 2. The molecule has 0 bridgehead atoms. The minimum Gasteiger partial charge on any atom is -0.506 e. The molecule has 0 aliphatic heterocycles. The number of nitrogens with zero attached hydrogens (tertiary/aromatic N) is 1. The van der Waals surface area contributed by atoms with Crippen LogP contribution in [0.3, 0.4) is 0 Å². The fraction of sp³-hybridized carbons (Fsp3) is 0.462. The quantitative estimate of drug-likeness (QED) is 0.814. The third-order valence-corrected chi connectivity index (χ3v) is 3.21. The molecule has 0 unspecified atom stereocenters. The van der Waals surface area contributed by atoms with E-state index in [4.69, 9.17) is 28.9 Å². The lowest BCUT2D eigenvalue weighted by Crippen LogP contribution is -2.34. The number of hydrogen-bond acceptors (Lipinski definition) is 3. The first kappa shape index (κ1) is 16.1. The van der Waals surface area contributed by atoms with Crippen molar-refractivity contribution < 1.29 is 9.90 Å². The van der Waals surface area contributed by atoms with Crippen molar-refractivity contribution in [3.63, 3.8) is 0 Å². The summed E-state index contributed by atoms with van der Waals surface area (Å²) in [5.74, 6) is -0.402. The van der Waals surface area contributed by atoms with Crippen molar-refractivity contribution in [1.29, 1.82) is 0 Å². The predicted molar refractivity (Wildman–Crippen MR) is 77.5 cm³/mol. The lowest BCUT2D eigenvalue weighted by Gasteiger charge is -2.21. The van der Waals surface area contributed by atoms with Crippen LogP contribution < -0.4 is 5.73 Å². The van der Waals surface area contributed by atoms with E-state index in [-0.39, 0.29) is 17.3 Å². The maximum absolute atomic E-state index is 11.0. The number of carbonyl (C=O) groups excluding carboxylic acids is 1. The highest BCUT2D eigenvalue weighted by molar-refractivity contribution is 6.35. The summed E-state index contributed by atoms with van der Waals surface area (Å²) < 4.78 is 0. The number of amides is 1. The maximum Gasteiger partial charge on any atom is 0.231 e. The van der Waals surface area contributed by atoms with E-state index in [0.29, 0.717) is 17.1 Å². The molecule has 0 heterocycles. The van der Waals surface area contributed by atoms with E-state index >= 15 is 0 Å². The second-order valence-electron chi connectivity index (χ2n) is 4.43. The molecule has 0 saturated carbocycles. The molecule has 6 heteroatoms. The molecule has 1 aromatic rings. The first-order chi connectivity index (χ1) is 8.93. The Bertz CT molecular complexity index is 453. The van der Waals surface area contributed by atoms with Crippen molar-refractivity contribution in [3.8, 4) is 5.75 Å². The van der Waals surface area contributed by atoms with Crippen LogP contribution in [-0.2, 0) is 11.3 Å². The number of unbranched alkanes of at least 4 members (excludes halogenated alkanes) is 1. The van der Waals surface area contributed by atoms with Gasteiger partial charge in [-0.2, -0.15) is 0 Å². The summed E-state index contributed by atoms with van der Waals surface area (Å²) in [5.41, 5.74) is 5.81. The predicted octanol–water partition coefficient (Wildman–Crippen LogP) is 2.79. The highest BCUT2D eigenvalue weighted by atomic mass is 35.5. The van der Waals surface area contributed by atoms with Crippen LogP contribution in [0.4, 0.5) is 0 Å². The Morgan fingerprint density at radius 3 is 2.68 bits per heavy atom. The van der Waals surface area contributed by atoms with Crippen LogP contribution in [0.1, 0.15) is 25.3 Å². The molecule has 0 spiro atoms. The second kappa shape index (κ2) is 7.58. The summed E-state index contributed by atoms with van der Waals surface area (Å²) in [6.45, 7) is 3.32. The van der Waals surface area contributed by atoms with Crippen molar-refractivity contribution in [3.05, 3.63) is 27.7 Å². The zero-order chi connectivity index (χ0) is 14.4. The van der Waals surface area contributed by atoms with Crippen LogP contribution in [0.15, 0.2) is 12.1 Å². The number of carbonyl (C=O) groups is 1. The monoisotopic (exact) mass is 304 g/mol. The molecule has 19 heavy (non-hydrogen) atoms. The van der Waals surface area contributed by atoms with Gasteiger partial charge in [0.25, 0.3) is 0 Å². The number of phenolic OH excluding ortho intramolecular Hbond substituents is 1. The molecule has 0 saturated heterocycles. The summed E-state index contributed by atoms with van der Waals surface area (Å²) in [4.78, 5) is 12.9.